The first-order valence-corrected chi connectivity index (χ1v) is 17.0. The van der Waals surface area contributed by atoms with E-state index in [2.05, 4.69) is 16.0 Å². The first kappa shape index (κ1) is 32.5. The van der Waals surface area contributed by atoms with Crippen molar-refractivity contribution in [2.24, 2.45) is 11.3 Å². The molecule has 2 aromatic carbocycles. The van der Waals surface area contributed by atoms with Crippen molar-refractivity contribution in [3.8, 4) is 11.8 Å². The maximum Gasteiger partial charge on any atom is 0.257 e. The molecule has 0 bridgehead atoms. The number of anilines is 1. The summed E-state index contributed by atoms with van der Waals surface area (Å²) in [6.07, 6.45) is 7.71. The number of hydrogen-bond acceptors (Lipinski definition) is 7. The van der Waals surface area contributed by atoms with Gasteiger partial charge in [0.05, 0.1) is 17.7 Å². The zero-order valence-electron chi connectivity index (χ0n) is 27.2. The van der Waals surface area contributed by atoms with Gasteiger partial charge in [0.25, 0.3) is 5.91 Å². The average molecular weight is 636 g/mol. The second kappa shape index (κ2) is 15.4. The van der Waals surface area contributed by atoms with Crippen LogP contribution in [0.3, 0.4) is 0 Å². The van der Waals surface area contributed by atoms with Crippen LogP contribution < -0.4 is 9.64 Å². The van der Waals surface area contributed by atoms with Crippen LogP contribution in [0.15, 0.2) is 72.9 Å². The van der Waals surface area contributed by atoms with E-state index in [1.165, 1.54) is 0 Å². The number of benzene rings is 2. The SMILES string of the molecule is N#Cc1ccc(N2CCCC3(CCN(C(=O)CC4CCOCC4)CC3)COc3ccccc3C(=O)N(Cc3ccccc3)CC2)nc1. The number of hydrogen-bond donors (Lipinski definition) is 0. The Kier molecular flexibility index (Phi) is 10.7. The van der Waals surface area contributed by atoms with Gasteiger partial charge < -0.3 is 24.2 Å². The Balaban J connectivity index is 1.24. The molecule has 1 aromatic heterocycles. The smallest absolute Gasteiger partial charge is 0.257 e. The highest BCUT2D eigenvalue weighted by Crippen LogP contribution is 2.38. The van der Waals surface area contributed by atoms with Crippen molar-refractivity contribution in [2.75, 3.05) is 57.4 Å². The van der Waals surface area contributed by atoms with Crippen LogP contribution in [-0.4, -0.2) is 79.1 Å². The lowest BCUT2D eigenvalue weighted by molar-refractivity contribution is -0.135. The number of fused-ring (bicyclic) bond motifs is 1. The third kappa shape index (κ3) is 8.30. The van der Waals surface area contributed by atoms with E-state index < -0.39 is 0 Å². The van der Waals surface area contributed by atoms with Crippen molar-refractivity contribution in [3.63, 3.8) is 0 Å². The molecule has 4 heterocycles. The van der Waals surface area contributed by atoms with Gasteiger partial charge in [-0.15, -0.1) is 0 Å². The van der Waals surface area contributed by atoms with Gasteiger partial charge in [-0.3, -0.25) is 9.59 Å². The van der Waals surface area contributed by atoms with Crippen LogP contribution in [0.1, 0.15) is 66.4 Å². The second-order valence-electron chi connectivity index (χ2n) is 13.2. The summed E-state index contributed by atoms with van der Waals surface area (Å²) >= 11 is 0. The molecule has 246 valence electrons. The third-order valence-corrected chi connectivity index (χ3v) is 10.1. The summed E-state index contributed by atoms with van der Waals surface area (Å²) in [6.45, 7) is 5.77. The fraction of sp³-hybridized carbons (Fsp3) is 0.474. The van der Waals surface area contributed by atoms with Gasteiger partial charge in [-0.2, -0.15) is 5.26 Å². The largest absolute Gasteiger partial charge is 0.492 e. The number of para-hydroxylation sites is 1. The fourth-order valence-corrected chi connectivity index (χ4v) is 7.12. The Morgan fingerprint density at radius 1 is 0.915 bits per heavy atom. The molecule has 47 heavy (non-hydrogen) atoms. The van der Waals surface area contributed by atoms with Gasteiger partial charge in [0.2, 0.25) is 5.91 Å². The Labute approximate surface area is 278 Å². The molecule has 0 atom stereocenters. The van der Waals surface area contributed by atoms with E-state index in [-0.39, 0.29) is 17.2 Å². The maximum absolute atomic E-state index is 14.2. The van der Waals surface area contributed by atoms with Gasteiger partial charge in [0.15, 0.2) is 0 Å². The summed E-state index contributed by atoms with van der Waals surface area (Å²) in [6, 6.07) is 23.5. The summed E-state index contributed by atoms with van der Waals surface area (Å²) in [7, 11) is 0. The molecule has 0 N–H and O–H groups in total. The van der Waals surface area contributed by atoms with Gasteiger partial charge in [0.1, 0.15) is 17.6 Å². The molecule has 0 radical (unpaired) electrons. The summed E-state index contributed by atoms with van der Waals surface area (Å²) < 4.78 is 12.1. The van der Waals surface area contributed by atoms with Crippen LogP contribution in [0.4, 0.5) is 5.82 Å². The first-order valence-electron chi connectivity index (χ1n) is 17.0. The number of amides is 2. The van der Waals surface area contributed by atoms with Crippen molar-refractivity contribution in [1.82, 2.24) is 14.8 Å². The summed E-state index contributed by atoms with van der Waals surface area (Å²) in [4.78, 5) is 38.3. The summed E-state index contributed by atoms with van der Waals surface area (Å²) in [5.74, 6) is 2.00. The number of rotatable bonds is 5. The van der Waals surface area contributed by atoms with Crippen LogP contribution in [0.2, 0.25) is 0 Å². The number of carbonyl (C=O) groups excluding carboxylic acids is 2. The zero-order valence-corrected chi connectivity index (χ0v) is 27.2. The number of pyridine rings is 1. The number of likely N-dealkylation sites (tertiary alicyclic amines) is 1. The molecule has 2 amide bonds. The van der Waals surface area contributed by atoms with Crippen molar-refractivity contribution < 1.29 is 19.1 Å². The minimum Gasteiger partial charge on any atom is -0.492 e. The molecule has 1 spiro atoms. The molecule has 3 aliphatic heterocycles. The summed E-state index contributed by atoms with van der Waals surface area (Å²) in [5.41, 5.74) is 2.02. The number of aromatic nitrogens is 1. The van der Waals surface area contributed by atoms with E-state index in [1.54, 1.807) is 12.3 Å². The zero-order chi connectivity index (χ0) is 32.5. The van der Waals surface area contributed by atoms with Crippen LogP contribution in [0.5, 0.6) is 5.75 Å². The van der Waals surface area contributed by atoms with Crippen molar-refractivity contribution in [3.05, 3.63) is 89.6 Å². The minimum absolute atomic E-state index is 0.0704. The van der Waals surface area contributed by atoms with E-state index >= 15 is 0 Å². The Hall–Kier alpha value is -4.42. The molecule has 0 unspecified atom stereocenters. The lowest BCUT2D eigenvalue weighted by Crippen LogP contribution is -2.46. The van der Waals surface area contributed by atoms with Crippen LogP contribution in [0.25, 0.3) is 0 Å². The highest BCUT2D eigenvalue weighted by molar-refractivity contribution is 5.97. The van der Waals surface area contributed by atoms with E-state index in [4.69, 9.17) is 9.47 Å². The van der Waals surface area contributed by atoms with E-state index in [0.29, 0.717) is 55.5 Å². The number of carbonyl (C=O) groups is 2. The van der Waals surface area contributed by atoms with Gasteiger partial charge >= 0.3 is 0 Å². The molecule has 9 heteroatoms. The number of nitriles is 1. The predicted molar refractivity (Wildman–Crippen MR) is 180 cm³/mol. The van der Waals surface area contributed by atoms with Crippen molar-refractivity contribution in [1.29, 1.82) is 5.26 Å². The quantitative estimate of drug-likeness (QED) is 0.355. The van der Waals surface area contributed by atoms with E-state index in [9.17, 15) is 14.9 Å². The van der Waals surface area contributed by atoms with Crippen molar-refractivity contribution >= 4 is 17.6 Å². The molecule has 3 aromatic rings. The standard InChI is InChI=1S/C38H45N5O4/c39-26-32-11-12-35(40-27-32)41-18-6-15-38(16-19-42(20-17-38)36(44)25-30-13-23-46-24-14-30)29-47-34-10-5-4-9-33(34)37(45)43(22-21-41)28-31-7-2-1-3-8-31/h1-5,7-12,27,30H,6,13-25,28-29H2. The Morgan fingerprint density at radius 3 is 2.43 bits per heavy atom. The van der Waals surface area contributed by atoms with Gasteiger partial charge in [0, 0.05) is 70.5 Å². The van der Waals surface area contributed by atoms with Crippen molar-refractivity contribution in [2.45, 2.75) is 51.5 Å². The molecular formula is C38H45N5O4. The normalized spacial score (nSPS) is 19.5. The van der Waals surface area contributed by atoms with E-state index in [0.717, 1.165) is 82.8 Å². The highest BCUT2D eigenvalue weighted by atomic mass is 16.5. The van der Waals surface area contributed by atoms with Gasteiger partial charge in [-0.05, 0) is 74.3 Å². The number of ether oxygens (including phenoxy) is 2. The maximum atomic E-state index is 14.2. The first-order chi connectivity index (χ1) is 23.0. The lowest BCUT2D eigenvalue weighted by Gasteiger charge is -2.42. The molecule has 6 rings (SSSR count). The average Bonchev–Trinajstić information content (AvgIpc) is 3.13. The molecular weight excluding hydrogens is 590 g/mol. The predicted octanol–water partition coefficient (Wildman–Crippen LogP) is 5.70. The molecule has 2 saturated heterocycles. The molecule has 0 aliphatic carbocycles. The van der Waals surface area contributed by atoms with E-state index in [1.807, 2.05) is 70.5 Å². The molecule has 9 nitrogen and oxygen atoms in total. The summed E-state index contributed by atoms with van der Waals surface area (Å²) in [5, 5.41) is 9.34. The Bertz CT molecular complexity index is 1530. The lowest BCUT2D eigenvalue weighted by atomic mass is 9.75. The number of nitrogens with zero attached hydrogens (tertiary/aromatic N) is 5. The second-order valence-corrected chi connectivity index (χ2v) is 13.2. The number of piperidine rings is 1. The van der Waals surface area contributed by atoms with Crippen LogP contribution in [0, 0.1) is 22.7 Å². The molecule has 3 aliphatic rings. The monoisotopic (exact) mass is 635 g/mol. The van der Waals surface area contributed by atoms with Gasteiger partial charge in [-0.25, -0.2) is 4.98 Å². The van der Waals surface area contributed by atoms with Gasteiger partial charge in [-0.1, -0.05) is 42.5 Å². The molecule has 2 fully saturated rings. The molecule has 0 saturated carbocycles. The van der Waals surface area contributed by atoms with Crippen LogP contribution >= 0.6 is 0 Å². The van der Waals surface area contributed by atoms with Crippen LogP contribution in [-0.2, 0) is 16.1 Å². The Morgan fingerprint density at radius 2 is 1.68 bits per heavy atom. The highest BCUT2D eigenvalue weighted by Gasteiger charge is 2.37. The topological polar surface area (TPSA) is 99.0 Å². The minimum atomic E-state index is -0.118. The third-order valence-electron chi connectivity index (χ3n) is 10.1. The fourth-order valence-electron chi connectivity index (χ4n) is 7.12.